The number of phenols is 1. The number of phenolic OH excluding ortho intramolecular Hbond substituents is 1. The molecule has 0 unspecified atom stereocenters. The molecule has 0 bridgehead atoms. The molecule has 0 aliphatic rings. The summed E-state index contributed by atoms with van der Waals surface area (Å²) in [6, 6.07) is 12.1. The van der Waals surface area contributed by atoms with Crippen LogP contribution in [0.4, 0.5) is 0 Å². The van der Waals surface area contributed by atoms with E-state index in [1.54, 1.807) is 30.3 Å². The zero-order valence-corrected chi connectivity index (χ0v) is 11.1. The Balaban J connectivity index is 2.13. The maximum Gasteiger partial charge on any atom is 0.153 e. The third kappa shape index (κ3) is 3.11. The monoisotopic (exact) mass is 306 g/mol. The van der Waals surface area contributed by atoms with Gasteiger partial charge in [-0.25, -0.2) is 0 Å². The van der Waals surface area contributed by atoms with Crippen molar-refractivity contribution in [1.82, 2.24) is 0 Å². The molecule has 4 heteroatoms. The van der Waals surface area contributed by atoms with Crippen molar-refractivity contribution in [3.63, 3.8) is 0 Å². The fraction of sp³-hybridized carbons (Fsp3) is 0.0714. The molecule has 2 rings (SSSR count). The summed E-state index contributed by atoms with van der Waals surface area (Å²) in [7, 11) is 0. The fourth-order valence-electron chi connectivity index (χ4n) is 1.55. The number of hydrogen-bond acceptors (Lipinski definition) is 3. The first-order chi connectivity index (χ1) is 8.69. The molecule has 0 aliphatic heterocycles. The molecule has 2 aromatic carbocycles. The third-order valence-electron chi connectivity index (χ3n) is 2.40. The van der Waals surface area contributed by atoms with Crippen LogP contribution in [-0.2, 0) is 6.61 Å². The van der Waals surface area contributed by atoms with Crippen molar-refractivity contribution in [3.05, 3.63) is 58.1 Å². The van der Waals surface area contributed by atoms with Crippen molar-refractivity contribution >= 4 is 22.2 Å². The lowest BCUT2D eigenvalue weighted by atomic mass is 10.2. The Labute approximate surface area is 113 Å². The topological polar surface area (TPSA) is 46.5 Å². The first-order valence-electron chi connectivity index (χ1n) is 5.34. The minimum Gasteiger partial charge on any atom is -0.508 e. The van der Waals surface area contributed by atoms with Crippen LogP contribution in [0.3, 0.4) is 0 Å². The maximum atomic E-state index is 10.9. The SMILES string of the molecule is O=Cc1cc(Br)ccc1OCc1cccc(O)c1. The van der Waals surface area contributed by atoms with E-state index in [0.717, 1.165) is 16.3 Å². The molecule has 0 atom stereocenters. The summed E-state index contributed by atoms with van der Waals surface area (Å²) in [6.07, 6.45) is 0.753. The number of hydrogen-bond donors (Lipinski definition) is 1. The van der Waals surface area contributed by atoms with Gasteiger partial charge >= 0.3 is 0 Å². The number of carbonyl (C=O) groups is 1. The summed E-state index contributed by atoms with van der Waals surface area (Å²) in [6.45, 7) is 0.302. The average molecular weight is 307 g/mol. The Morgan fingerprint density at radius 3 is 2.78 bits per heavy atom. The van der Waals surface area contributed by atoms with Crippen LogP contribution in [0.15, 0.2) is 46.9 Å². The van der Waals surface area contributed by atoms with Gasteiger partial charge in [-0.3, -0.25) is 4.79 Å². The second-order valence-electron chi connectivity index (χ2n) is 3.76. The molecule has 0 aliphatic carbocycles. The van der Waals surface area contributed by atoms with Gasteiger partial charge in [-0.1, -0.05) is 28.1 Å². The van der Waals surface area contributed by atoms with Gasteiger partial charge in [-0.2, -0.15) is 0 Å². The number of benzene rings is 2. The largest absolute Gasteiger partial charge is 0.508 e. The van der Waals surface area contributed by atoms with Gasteiger partial charge in [-0.15, -0.1) is 0 Å². The molecule has 0 saturated heterocycles. The molecule has 18 heavy (non-hydrogen) atoms. The highest BCUT2D eigenvalue weighted by molar-refractivity contribution is 9.10. The summed E-state index contributed by atoms with van der Waals surface area (Å²) < 4.78 is 6.39. The normalized spacial score (nSPS) is 10.1. The van der Waals surface area contributed by atoms with E-state index in [1.807, 2.05) is 12.1 Å². The predicted molar refractivity (Wildman–Crippen MR) is 72.0 cm³/mol. The minimum atomic E-state index is 0.197. The Morgan fingerprint density at radius 2 is 2.06 bits per heavy atom. The summed E-state index contributed by atoms with van der Waals surface area (Å²) in [5, 5.41) is 9.33. The van der Waals surface area contributed by atoms with Crippen molar-refractivity contribution in [2.24, 2.45) is 0 Å². The Hall–Kier alpha value is -1.81. The van der Waals surface area contributed by atoms with Crippen LogP contribution in [0, 0.1) is 0 Å². The van der Waals surface area contributed by atoms with E-state index >= 15 is 0 Å². The number of rotatable bonds is 4. The van der Waals surface area contributed by atoms with Crippen LogP contribution in [0.2, 0.25) is 0 Å². The van der Waals surface area contributed by atoms with E-state index in [9.17, 15) is 9.90 Å². The second-order valence-corrected chi connectivity index (χ2v) is 4.67. The smallest absolute Gasteiger partial charge is 0.153 e. The van der Waals surface area contributed by atoms with Gasteiger partial charge in [0, 0.05) is 4.47 Å². The van der Waals surface area contributed by atoms with Crippen LogP contribution < -0.4 is 4.74 Å². The van der Waals surface area contributed by atoms with E-state index in [4.69, 9.17) is 4.74 Å². The lowest BCUT2D eigenvalue weighted by Crippen LogP contribution is -1.98. The number of halogens is 1. The quantitative estimate of drug-likeness (QED) is 0.879. The standard InChI is InChI=1S/C14H11BrO3/c15-12-4-5-14(11(7-12)8-16)18-9-10-2-1-3-13(17)6-10/h1-8,17H,9H2. The number of ether oxygens (including phenoxy) is 1. The van der Waals surface area contributed by atoms with Crippen molar-refractivity contribution in [2.45, 2.75) is 6.61 Å². The molecular formula is C14H11BrO3. The lowest BCUT2D eigenvalue weighted by molar-refractivity contribution is 0.111. The molecule has 0 amide bonds. The van der Waals surface area contributed by atoms with Crippen LogP contribution in [0.25, 0.3) is 0 Å². The summed E-state index contributed by atoms with van der Waals surface area (Å²) >= 11 is 3.30. The van der Waals surface area contributed by atoms with Gasteiger partial charge in [0.25, 0.3) is 0 Å². The third-order valence-corrected chi connectivity index (χ3v) is 2.90. The summed E-state index contributed by atoms with van der Waals surface area (Å²) in [5.41, 5.74) is 1.33. The summed E-state index contributed by atoms with van der Waals surface area (Å²) in [4.78, 5) is 10.9. The zero-order valence-electron chi connectivity index (χ0n) is 9.47. The van der Waals surface area contributed by atoms with Gasteiger partial charge in [0.05, 0.1) is 5.56 Å². The van der Waals surface area contributed by atoms with Crippen LogP contribution >= 0.6 is 15.9 Å². The molecule has 92 valence electrons. The van der Waals surface area contributed by atoms with Gasteiger partial charge in [0.2, 0.25) is 0 Å². The van der Waals surface area contributed by atoms with Gasteiger partial charge in [0.15, 0.2) is 6.29 Å². The van der Waals surface area contributed by atoms with Crippen LogP contribution in [-0.4, -0.2) is 11.4 Å². The number of carbonyl (C=O) groups excluding carboxylic acids is 1. The molecule has 0 heterocycles. The Kier molecular flexibility index (Phi) is 3.99. The van der Waals surface area contributed by atoms with Crippen LogP contribution in [0.5, 0.6) is 11.5 Å². The molecule has 3 nitrogen and oxygen atoms in total. The molecule has 0 spiro atoms. The zero-order chi connectivity index (χ0) is 13.0. The Morgan fingerprint density at radius 1 is 1.22 bits per heavy atom. The van der Waals surface area contributed by atoms with E-state index in [-0.39, 0.29) is 5.75 Å². The minimum absolute atomic E-state index is 0.197. The van der Waals surface area contributed by atoms with E-state index in [0.29, 0.717) is 17.9 Å². The van der Waals surface area contributed by atoms with Crippen LogP contribution in [0.1, 0.15) is 15.9 Å². The van der Waals surface area contributed by atoms with Crippen molar-refractivity contribution in [2.75, 3.05) is 0 Å². The molecule has 0 aromatic heterocycles. The van der Waals surface area contributed by atoms with Crippen molar-refractivity contribution in [1.29, 1.82) is 0 Å². The fourth-order valence-corrected chi connectivity index (χ4v) is 1.93. The van der Waals surface area contributed by atoms with E-state index in [2.05, 4.69) is 15.9 Å². The van der Waals surface area contributed by atoms with Crippen molar-refractivity contribution < 1.29 is 14.6 Å². The first-order valence-corrected chi connectivity index (χ1v) is 6.14. The number of aldehydes is 1. The highest BCUT2D eigenvalue weighted by atomic mass is 79.9. The average Bonchev–Trinajstić information content (AvgIpc) is 2.37. The molecule has 1 N–H and O–H groups in total. The highest BCUT2D eigenvalue weighted by Gasteiger charge is 2.04. The molecule has 2 aromatic rings. The highest BCUT2D eigenvalue weighted by Crippen LogP contribution is 2.23. The van der Waals surface area contributed by atoms with E-state index in [1.165, 1.54) is 0 Å². The molecule has 0 fully saturated rings. The van der Waals surface area contributed by atoms with Gasteiger partial charge < -0.3 is 9.84 Å². The predicted octanol–water partition coefficient (Wildman–Crippen LogP) is 3.55. The van der Waals surface area contributed by atoms with E-state index < -0.39 is 0 Å². The lowest BCUT2D eigenvalue weighted by Gasteiger charge is -2.09. The van der Waals surface area contributed by atoms with Gasteiger partial charge in [-0.05, 0) is 35.9 Å². The first kappa shape index (κ1) is 12.6. The second kappa shape index (κ2) is 5.69. The molecule has 0 saturated carbocycles. The molecule has 0 radical (unpaired) electrons. The van der Waals surface area contributed by atoms with Crippen molar-refractivity contribution in [3.8, 4) is 11.5 Å². The molecular weight excluding hydrogens is 296 g/mol. The number of aromatic hydroxyl groups is 1. The van der Waals surface area contributed by atoms with Gasteiger partial charge in [0.1, 0.15) is 18.1 Å². The Bertz CT molecular complexity index is 567. The maximum absolute atomic E-state index is 10.9. The summed E-state index contributed by atoms with van der Waals surface area (Å²) in [5.74, 6) is 0.721.